The lowest BCUT2D eigenvalue weighted by atomic mass is 10.0. The number of nitrogens with one attached hydrogen (secondary N) is 1. The number of hydrogen-bond donors (Lipinski definition) is 1. The Morgan fingerprint density at radius 2 is 1.72 bits per heavy atom. The molecule has 1 N–H and O–H groups in total. The first kappa shape index (κ1) is 22.0. The van der Waals surface area contributed by atoms with E-state index in [0.717, 1.165) is 37.4 Å². The summed E-state index contributed by atoms with van der Waals surface area (Å²) in [7, 11) is 1.78. The van der Waals surface area contributed by atoms with Crippen molar-refractivity contribution in [1.29, 1.82) is 0 Å². The van der Waals surface area contributed by atoms with Gasteiger partial charge in [-0.1, -0.05) is 35.9 Å². The fourth-order valence-electron chi connectivity index (χ4n) is 4.02. The van der Waals surface area contributed by atoms with E-state index >= 15 is 0 Å². The molecule has 166 valence electrons. The SMILES string of the molecule is CN(Cc1ccco1)C(=O)c1ccccc1N1CCC(NC(=O)c2ccccc2Cl)CC1. The van der Waals surface area contributed by atoms with Crippen LogP contribution in [0.5, 0.6) is 0 Å². The van der Waals surface area contributed by atoms with Crippen molar-refractivity contribution in [3.8, 4) is 0 Å². The Balaban J connectivity index is 1.39. The summed E-state index contributed by atoms with van der Waals surface area (Å²) in [4.78, 5) is 29.6. The molecular formula is C25H26ClN3O3. The van der Waals surface area contributed by atoms with E-state index < -0.39 is 0 Å². The smallest absolute Gasteiger partial charge is 0.256 e. The van der Waals surface area contributed by atoms with E-state index in [1.165, 1.54) is 0 Å². The monoisotopic (exact) mass is 451 g/mol. The summed E-state index contributed by atoms with van der Waals surface area (Å²) < 4.78 is 5.37. The summed E-state index contributed by atoms with van der Waals surface area (Å²) in [6.45, 7) is 1.91. The van der Waals surface area contributed by atoms with E-state index in [1.54, 1.807) is 36.4 Å². The summed E-state index contributed by atoms with van der Waals surface area (Å²) in [5.41, 5.74) is 2.08. The topological polar surface area (TPSA) is 65.8 Å². The molecule has 4 rings (SSSR count). The molecule has 1 saturated heterocycles. The van der Waals surface area contributed by atoms with Gasteiger partial charge in [0, 0.05) is 31.9 Å². The third-order valence-corrected chi connectivity index (χ3v) is 6.07. The van der Waals surface area contributed by atoms with Gasteiger partial charge >= 0.3 is 0 Å². The summed E-state index contributed by atoms with van der Waals surface area (Å²) in [5.74, 6) is 0.545. The molecule has 1 aliphatic rings. The number of hydrogen-bond acceptors (Lipinski definition) is 4. The quantitative estimate of drug-likeness (QED) is 0.594. The minimum absolute atomic E-state index is 0.0499. The summed E-state index contributed by atoms with van der Waals surface area (Å²) >= 11 is 6.15. The van der Waals surface area contributed by atoms with Crippen molar-refractivity contribution in [2.24, 2.45) is 0 Å². The fraction of sp³-hybridized carbons (Fsp3) is 0.280. The van der Waals surface area contributed by atoms with Crippen LogP contribution in [0.1, 0.15) is 39.3 Å². The van der Waals surface area contributed by atoms with Gasteiger partial charge in [0.05, 0.1) is 29.0 Å². The third kappa shape index (κ3) is 4.97. The Morgan fingerprint density at radius 3 is 2.41 bits per heavy atom. The van der Waals surface area contributed by atoms with Crippen LogP contribution in [0.4, 0.5) is 5.69 Å². The highest BCUT2D eigenvalue weighted by Gasteiger charge is 2.25. The largest absolute Gasteiger partial charge is 0.467 e. The summed E-state index contributed by atoms with van der Waals surface area (Å²) in [5, 5.41) is 3.55. The van der Waals surface area contributed by atoms with Crippen molar-refractivity contribution in [1.82, 2.24) is 10.2 Å². The zero-order valence-corrected chi connectivity index (χ0v) is 18.7. The molecule has 7 heteroatoms. The zero-order valence-electron chi connectivity index (χ0n) is 18.0. The summed E-state index contributed by atoms with van der Waals surface area (Å²) in [6.07, 6.45) is 3.19. The molecule has 2 heterocycles. The van der Waals surface area contributed by atoms with Gasteiger partial charge in [0.15, 0.2) is 0 Å². The third-order valence-electron chi connectivity index (χ3n) is 5.74. The lowest BCUT2D eigenvalue weighted by Gasteiger charge is -2.35. The first-order chi connectivity index (χ1) is 15.5. The Labute approximate surface area is 192 Å². The fourth-order valence-corrected chi connectivity index (χ4v) is 4.24. The van der Waals surface area contributed by atoms with Crippen LogP contribution in [0.15, 0.2) is 71.3 Å². The number of para-hydroxylation sites is 1. The Kier molecular flexibility index (Phi) is 6.81. The average Bonchev–Trinajstić information content (AvgIpc) is 3.32. The van der Waals surface area contributed by atoms with E-state index in [4.69, 9.17) is 16.0 Å². The molecule has 1 fully saturated rings. The van der Waals surface area contributed by atoms with Crippen LogP contribution in [-0.4, -0.2) is 42.9 Å². The number of furan rings is 1. The van der Waals surface area contributed by atoms with Gasteiger partial charge in [0.2, 0.25) is 0 Å². The maximum Gasteiger partial charge on any atom is 0.256 e. The molecule has 2 aromatic carbocycles. The molecule has 2 amide bonds. The van der Waals surface area contributed by atoms with Crippen molar-refractivity contribution in [2.75, 3.05) is 25.0 Å². The lowest BCUT2D eigenvalue weighted by Crippen LogP contribution is -2.45. The van der Waals surface area contributed by atoms with E-state index in [1.807, 2.05) is 42.5 Å². The van der Waals surface area contributed by atoms with Crippen LogP contribution in [0.25, 0.3) is 0 Å². The van der Waals surface area contributed by atoms with Crippen molar-refractivity contribution in [3.05, 3.63) is 88.8 Å². The van der Waals surface area contributed by atoms with Crippen LogP contribution in [-0.2, 0) is 6.54 Å². The van der Waals surface area contributed by atoms with E-state index in [-0.39, 0.29) is 17.9 Å². The number of carbonyl (C=O) groups excluding carboxylic acids is 2. The Morgan fingerprint density at radius 1 is 1.03 bits per heavy atom. The highest BCUT2D eigenvalue weighted by molar-refractivity contribution is 6.33. The predicted molar refractivity (Wildman–Crippen MR) is 125 cm³/mol. The molecule has 0 bridgehead atoms. The molecule has 32 heavy (non-hydrogen) atoms. The molecule has 0 radical (unpaired) electrons. The van der Waals surface area contributed by atoms with Gasteiger partial charge in [-0.2, -0.15) is 0 Å². The molecule has 0 unspecified atom stereocenters. The first-order valence-electron chi connectivity index (χ1n) is 10.7. The number of anilines is 1. The zero-order chi connectivity index (χ0) is 22.5. The number of benzene rings is 2. The molecule has 3 aromatic rings. The molecular weight excluding hydrogens is 426 g/mol. The highest BCUT2D eigenvalue weighted by Crippen LogP contribution is 2.26. The van der Waals surface area contributed by atoms with E-state index in [0.29, 0.717) is 22.7 Å². The van der Waals surface area contributed by atoms with Crippen LogP contribution in [0, 0.1) is 0 Å². The molecule has 1 aromatic heterocycles. The number of rotatable bonds is 6. The maximum absolute atomic E-state index is 13.1. The number of nitrogens with zero attached hydrogens (tertiary/aromatic N) is 2. The van der Waals surface area contributed by atoms with E-state index in [9.17, 15) is 9.59 Å². The Bertz CT molecular complexity index is 1080. The van der Waals surface area contributed by atoms with Crippen LogP contribution < -0.4 is 10.2 Å². The first-order valence-corrected chi connectivity index (χ1v) is 11.1. The number of piperidine rings is 1. The maximum atomic E-state index is 13.1. The molecule has 0 spiro atoms. The van der Waals surface area contributed by atoms with Gasteiger partial charge in [-0.3, -0.25) is 9.59 Å². The van der Waals surface area contributed by atoms with Gasteiger partial charge in [0.1, 0.15) is 5.76 Å². The standard InChI is InChI=1S/C25H26ClN3O3/c1-28(17-19-7-6-16-32-19)25(31)21-9-3-5-11-23(21)29-14-12-18(13-15-29)27-24(30)20-8-2-4-10-22(20)26/h2-11,16,18H,12-15,17H2,1H3,(H,27,30). The second kappa shape index (κ2) is 9.92. The van der Waals surface area contributed by atoms with Gasteiger partial charge in [-0.25, -0.2) is 0 Å². The predicted octanol–water partition coefficient (Wildman–Crippen LogP) is 4.60. The van der Waals surface area contributed by atoms with Crippen LogP contribution in [0.3, 0.4) is 0 Å². The summed E-state index contributed by atoms with van der Waals surface area (Å²) in [6, 6.07) is 18.5. The molecule has 0 aliphatic carbocycles. The number of halogens is 1. The van der Waals surface area contributed by atoms with Crippen LogP contribution >= 0.6 is 11.6 Å². The van der Waals surface area contributed by atoms with E-state index in [2.05, 4.69) is 10.2 Å². The van der Waals surface area contributed by atoms with Crippen molar-refractivity contribution in [3.63, 3.8) is 0 Å². The van der Waals surface area contributed by atoms with Crippen molar-refractivity contribution in [2.45, 2.75) is 25.4 Å². The molecule has 1 aliphatic heterocycles. The molecule has 0 atom stereocenters. The Hall–Kier alpha value is -3.25. The number of carbonyl (C=O) groups is 2. The van der Waals surface area contributed by atoms with Gasteiger partial charge in [-0.05, 0) is 49.2 Å². The normalized spacial score (nSPS) is 14.2. The molecule has 6 nitrogen and oxygen atoms in total. The van der Waals surface area contributed by atoms with Crippen molar-refractivity contribution >= 4 is 29.1 Å². The highest BCUT2D eigenvalue weighted by atomic mass is 35.5. The van der Waals surface area contributed by atoms with Crippen molar-refractivity contribution < 1.29 is 14.0 Å². The van der Waals surface area contributed by atoms with Gasteiger partial charge in [0.25, 0.3) is 11.8 Å². The van der Waals surface area contributed by atoms with Crippen LogP contribution in [0.2, 0.25) is 5.02 Å². The lowest BCUT2D eigenvalue weighted by molar-refractivity contribution is 0.0776. The minimum atomic E-state index is -0.149. The minimum Gasteiger partial charge on any atom is -0.467 e. The average molecular weight is 452 g/mol. The second-order valence-corrected chi connectivity index (χ2v) is 8.38. The molecule has 0 saturated carbocycles. The van der Waals surface area contributed by atoms with Gasteiger partial charge < -0.3 is 19.5 Å². The second-order valence-electron chi connectivity index (χ2n) is 7.97. The van der Waals surface area contributed by atoms with Gasteiger partial charge in [-0.15, -0.1) is 0 Å². The number of amides is 2.